The predicted molar refractivity (Wildman–Crippen MR) is 59.6 cm³/mol. The van der Waals surface area contributed by atoms with Gasteiger partial charge in [-0.1, -0.05) is 25.1 Å². The van der Waals surface area contributed by atoms with Crippen molar-refractivity contribution in [1.29, 1.82) is 0 Å². The Labute approximate surface area is 85.5 Å². The maximum atomic E-state index is 11.3. The number of ketones is 1. The lowest BCUT2D eigenvalue weighted by Gasteiger charge is -2.27. The van der Waals surface area contributed by atoms with E-state index in [2.05, 4.69) is 0 Å². The highest BCUT2D eigenvalue weighted by molar-refractivity contribution is 5.84. The second-order valence-corrected chi connectivity index (χ2v) is 3.48. The quantitative estimate of drug-likeness (QED) is 0.728. The van der Waals surface area contributed by atoms with Gasteiger partial charge in [-0.05, 0) is 25.5 Å². The Kier molecular flexibility index (Phi) is 3.69. The number of anilines is 1. The SMILES string of the molecule is CCC(C(C)=O)N(C)c1ccccc1. The number of benzene rings is 1. The molecule has 1 unspecified atom stereocenters. The van der Waals surface area contributed by atoms with Gasteiger partial charge in [0.05, 0.1) is 6.04 Å². The summed E-state index contributed by atoms with van der Waals surface area (Å²) in [5.74, 6) is 0.221. The molecule has 1 aromatic rings. The normalized spacial score (nSPS) is 12.2. The van der Waals surface area contributed by atoms with Crippen molar-refractivity contribution < 1.29 is 4.79 Å². The number of carbonyl (C=O) groups excluding carboxylic acids is 1. The van der Waals surface area contributed by atoms with E-state index < -0.39 is 0 Å². The molecule has 0 aromatic heterocycles. The van der Waals surface area contributed by atoms with Gasteiger partial charge in [-0.25, -0.2) is 0 Å². The molecule has 14 heavy (non-hydrogen) atoms. The minimum absolute atomic E-state index is 0.00241. The Hall–Kier alpha value is -1.31. The molecule has 1 atom stereocenters. The van der Waals surface area contributed by atoms with Gasteiger partial charge in [-0.3, -0.25) is 4.79 Å². The predicted octanol–water partition coefficient (Wildman–Crippen LogP) is 2.49. The largest absolute Gasteiger partial charge is 0.365 e. The van der Waals surface area contributed by atoms with Gasteiger partial charge in [0.25, 0.3) is 0 Å². The number of nitrogens with zero attached hydrogens (tertiary/aromatic N) is 1. The molecule has 0 aliphatic rings. The standard InChI is InChI=1S/C12H17NO/c1-4-12(10(2)14)13(3)11-8-6-5-7-9-11/h5-9,12H,4H2,1-3H3. The van der Waals surface area contributed by atoms with Gasteiger partial charge < -0.3 is 4.90 Å². The molecule has 0 amide bonds. The number of hydrogen-bond acceptors (Lipinski definition) is 2. The molecule has 0 aliphatic heterocycles. The van der Waals surface area contributed by atoms with Crippen molar-refractivity contribution in [2.75, 3.05) is 11.9 Å². The molecule has 0 saturated heterocycles. The van der Waals surface area contributed by atoms with E-state index in [0.29, 0.717) is 0 Å². The molecule has 0 N–H and O–H groups in total. The van der Waals surface area contributed by atoms with Gasteiger partial charge in [0.1, 0.15) is 0 Å². The number of rotatable bonds is 4. The van der Waals surface area contributed by atoms with Gasteiger partial charge in [0.15, 0.2) is 5.78 Å². The van der Waals surface area contributed by atoms with Crippen molar-refractivity contribution in [3.8, 4) is 0 Å². The van der Waals surface area contributed by atoms with Crippen molar-refractivity contribution >= 4 is 11.5 Å². The van der Waals surface area contributed by atoms with Gasteiger partial charge in [-0.15, -0.1) is 0 Å². The monoisotopic (exact) mass is 191 g/mol. The lowest BCUT2D eigenvalue weighted by Crippen LogP contribution is -2.36. The van der Waals surface area contributed by atoms with E-state index >= 15 is 0 Å². The third-order valence-corrected chi connectivity index (χ3v) is 2.49. The fourth-order valence-electron chi connectivity index (χ4n) is 1.68. The van der Waals surface area contributed by atoms with Gasteiger partial charge in [0.2, 0.25) is 0 Å². The average Bonchev–Trinajstić information content (AvgIpc) is 2.19. The van der Waals surface area contributed by atoms with Crippen molar-refractivity contribution in [3.63, 3.8) is 0 Å². The average molecular weight is 191 g/mol. The summed E-state index contributed by atoms with van der Waals surface area (Å²) in [5.41, 5.74) is 1.09. The Morgan fingerprint density at radius 1 is 1.36 bits per heavy atom. The summed E-state index contributed by atoms with van der Waals surface area (Å²) < 4.78 is 0. The second-order valence-electron chi connectivity index (χ2n) is 3.48. The smallest absolute Gasteiger partial charge is 0.152 e. The molecule has 0 bridgehead atoms. The maximum Gasteiger partial charge on any atom is 0.152 e. The van der Waals surface area contributed by atoms with Crippen molar-refractivity contribution in [2.45, 2.75) is 26.3 Å². The first-order valence-corrected chi connectivity index (χ1v) is 4.95. The lowest BCUT2D eigenvalue weighted by molar-refractivity contribution is -0.118. The minimum Gasteiger partial charge on any atom is -0.365 e. The molecular weight excluding hydrogens is 174 g/mol. The van der Waals surface area contributed by atoms with Crippen LogP contribution in [0.25, 0.3) is 0 Å². The highest BCUT2D eigenvalue weighted by atomic mass is 16.1. The summed E-state index contributed by atoms with van der Waals surface area (Å²) in [6.07, 6.45) is 0.848. The molecule has 1 aromatic carbocycles. The molecule has 0 fully saturated rings. The van der Waals surface area contributed by atoms with Gasteiger partial charge >= 0.3 is 0 Å². The number of Topliss-reactive ketones (excluding diaryl/α,β-unsaturated/α-hetero) is 1. The Morgan fingerprint density at radius 3 is 2.36 bits per heavy atom. The summed E-state index contributed by atoms with van der Waals surface area (Å²) >= 11 is 0. The molecule has 0 saturated carbocycles. The van der Waals surface area contributed by atoms with Crippen LogP contribution in [0.15, 0.2) is 30.3 Å². The first-order valence-electron chi connectivity index (χ1n) is 4.95. The maximum absolute atomic E-state index is 11.3. The van der Waals surface area contributed by atoms with Crippen LogP contribution >= 0.6 is 0 Å². The summed E-state index contributed by atoms with van der Waals surface area (Å²) in [7, 11) is 1.96. The molecular formula is C12H17NO. The summed E-state index contributed by atoms with van der Waals surface area (Å²) in [6.45, 7) is 3.68. The molecule has 0 spiro atoms. The van der Waals surface area contributed by atoms with Crippen LogP contribution in [-0.4, -0.2) is 18.9 Å². The van der Waals surface area contributed by atoms with Crippen LogP contribution in [0.2, 0.25) is 0 Å². The molecule has 0 aliphatic carbocycles. The Bertz CT molecular complexity index is 294. The van der Waals surface area contributed by atoms with Crippen molar-refractivity contribution in [1.82, 2.24) is 0 Å². The second kappa shape index (κ2) is 4.80. The summed E-state index contributed by atoms with van der Waals surface area (Å²) in [6, 6.07) is 9.98. The van der Waals surface area contributed by atoms with Crippen molar-refractivity contribution in [2.24, 2.45) is 0 Å². The zero-order valence-corrected chi connectivity index (χ0v) is 9.03. The van der Waals surface area contributed by atoms with Crippen LogP contribution in [-0.2, 0) is 4.79 Å². The number of carbonyl (C=O) groups is 1. The highest BCUT2D eigenvalue weighted by Crippen LogP contribution is 2.16. The van der Waals surface area contributed by atoms with E-state index in [1.807, 2.05) is 49.2 Å². The summed E-state index contributed by atoms with van der Waals surface area (Å²) in [5, 5.41) is 0. The van der Waals surface area contributed by atoms with Crippen LogP contribution in [0.3, 0.4) is 0 Å². The Balaban J connectivity index is 2.83. The fourth-order valence-corrected chi connectivity index (χ4v) is 1.68. The molecule has 2 nitrogen and oxygen atoms in total. The third kappa shape index (κ3) is 2.34. The molecule has 1 rings (SSSR count). The summed E-state index contributed by atoms with van der Waals surface area (Å²) in [4.78, 5) is 13.4. The molecule has 0 radical (unpaired) electrons. The van der Waals surface area contributed by atoms with Crippen molar-refractivity contribution in [3.05, 3.63) is 30.3 Å². The highest BCUT2D eigenvalue weighted by Gasteiger charge is 2.17. The first-order chi connectivity index (χ1) is 6.66. The molecule has 76 valence electrons. The van der Waals surface area contributed by atoms with Crippen LogP contribution in [0.1, 0.15) is 20.3 Å². The zero-order valence-electron chi connectivity index (χ0n) is 9.03. The van der Waals surface area contributed by atoms with E-state index in [1.165, 1.54) is 0 Å². The van der Waals surface area contributed by atoms with E-state index in [1.54, 1.807) is 6.92 Å². The van der Waals surface area contributed by atoms with Crippen LogP contribution in [0, 0.1) is 0 Å². The number of hydrogen-bond donors (Lipinski definition) is 0. The lowest BCUT2D eigenvalue weighted by atomic mass is 10.1. The minimum atomic E-state index is -0.00241. The van der Waals surface area contributed by atoms with E-state index in [0.717, 1.165) is 12.1 Å². The Morgan fingerprint density at radius 2 is 1.93 bits per heavy atom. The zero-order chi connectivity index (χ0) is 10.6. The molecule has 0 heterocycles. The van der Waals surface area contributed by atoms with Crippen LogP contribution < -0.4 is 4.90 Å². The number of likely N-dealkylation sites (N-methyl/N-ethyl adjacent to an activating group) is 1. The van der Waals surface area contributed by atoms with Crippen LogP contribution in [0.5, 0.6) is 0 Å². The van der Waals surface area contributed by atoms with Crippen LogP contribution in [0.4, 0.5) is 5.69 Å². The molecule has 2 heteroatoms. The third-order valence-electron chi connectivity index (χ3n) is 2.49. The number of para-hydroxylation sites is 1. The van der Waals surface area contributed by atoms with E-state index in [4.69, 9.17) is 0 Å². The van der Waals surface area contributed by atoms with Gasteiger partial charge in [0, 0.05) is 12.7 Å². The van der Waals surface area contributed by atoms with E-state index in [-0.39, 0.29) is 11.8 Å². The topological polar surface area (TPSA) is 20.3 Å². The fraction of sp³-hybridized carbons (Fsp3) is 0.417. The van der Waals surface area contributed by atoms with Gasteiger partial charge in [-0.2, -0.15) is 0 Å². The first kappa shape index (κ1) is 10.8. The van der Waals surface area contributed by atoms with E-state index in [9.17, 15) is 4.79 Å².